The first-order valence-corrected chi connectivity index (χ1v) is 8.98. The first kappa shape index (κ1) is 16.5. The van der Waals surface area contributed by atoms with E-state index in [1.165, 1.54) is 0 Å². The van der Waals surface area contributed by atoms with E-state index in [-0.39, 0.29) is 17.9 Å². The van der Waals surface area contributed by atoms with Crippen molar-refractivity contribution in [2.75, 3.05) is 5.32 Å². The number of nitrogens with one attached hydrogen (secondary N) is 1. The van der Waals surface area contributed by atoms with Crippen LogP contribution in [0.25, 0.3) is 0 Å². The van der Waals surface area contributed by atoms with Crippen molar-refractivity contribution in [3.63, 3.8) is 0 Å². The normalized spacial score (nSPS) is 23.7. The molecule has 1 heterocycles. The van der Waals surface area contributed by atoms with E-state index in [9.17, 15) is 9.90 Å². The molecule has 0 aromatic heterocycles. The van der Waals surface area contributed by atoms with Gasteiger partial charge in [0.1, 0.15) is 0 Å². The van der Waals surface area contributed by atoms with Gasteiger partial charge >= 0.3 is 5.97 Å². The Hall–Kier alpha value is -1.97. The van der Waals surface area contributed by atoms with E-state index in [0.29, 0.717) is 15.6 Å². The van der Waals surface area contributed by atoms with Crippen LogP contribution in [0.3, 0.4) is 0 Å². The molecule has 0 radical (unpaired) electrons. The van der Waals surface area contributed by atoms with Crippen LogP contribution in [0.1, 0.15) is 45.4 Å². The van der Waals surface area contributed by atoms with Gasteiger partial charge in [-0.25, -0.2) is 4.79 Å². The van der Waals surface area contributed by atoms with E-state index in [1.807, 2.05) is 31.2 Å². The van der Waals surface area contributed by atoms with Gasteiger partial charge in [-0.05, 0) is 54.2 Å². The third-order valence-electron chi connectivity index (χ3n) is 5.26. The maximum atomic E-state index is 11.7. The Morgan fingerprint density at radius 1 is 1.20 bits per heavy atom. The zero-order valence-corrected chi connectivity index (χ0v) is 15.1. The van der Waals surface area contributed by atoms with E-state index in [0.717, 1.165) is 28.8 Å². The van der Waals surface area contributed by atoms with Crippen LogP contribution in [0.4, 0.5) is 5.69 Å². The van der Waals surface area contributed by atoms with Gasteiger partial charge in [0.2, 0.25) is 0 Å². The maximum Gasteiger partial charge on any atom is 0.336 e. The van der Waals surface area contributed by atoms with Gasteiger partial charge in [-0.2, -0.15) is 0 Å². The minimum atomic E-state index is -0.884. The average molecular weight is 374 g/mol. The zero-order valence-electron chi connectivity index (χ0n) is 13.6. The molecule has 1 aliphatic heterocycles. The fraction of sp³-hybridized carbons (Fsp3) is 0.250. The highest BCUT2D eigenvalue weighted by atomic mass is 35.5. The molecule has 25 heavy (non-hydrogen) atoms. The lowest BCUT2D eigenvalue weighted by Gasteiger charge is -2.39. The highest BCUT2D eigenvalue weighted by Gasteiger charge is 2.40. The lowest BCUT2D eigenvalue weighted by molar-refractivity contribution is 0.0695. The fourth-order valence-corrected chi connectivity index (χ4v) is 4.38. The van der Waals surface area contributed by atoms with Crippen molar-refractivity contribution in [2.45, 2.75) is 25.3 Å². The van der Waals surface area contributed by atoms with Crippen LogP contribution in [-0.2, 0) is 0 Å². The van der Waals surface area contributed by atoms with Gasteiger partial charge in [-0.1, -0.05) is 47.5 Å². The van der Waals surface area contributed by atoms with Gasteiger partial charge in [0.25, 0.3) is 0 Å². The van der Waals surface area contributed by atoms with E-state index < -0.39 is 5.97 Å². The number of carbonyl (C=O) groups is 1. The molecule has 2 N–H and O–H groups in total. The van der Waals surface area contributed by atoms with Gasteiger partial charge in [0, 0.05) is 11.6 Å². The summed E-state index contributed by atoms with van der Waals surface area (Å²) in [5.41, 5.74) is 4.30. The maximum absolute atomic E-state index is 11.7. The summed E-state index contributed by atoms with van der Waals surface area (Å²) in [5.74, 6) is -0.545. The Balaban J connectivity index is 1.87. The second-order valence-corrected chi connectivity index (χ2v) is 7.49. The Kier molecular flexibility index (Phi) is 4.01. The molecule has 0 saturated carbocycles. The number of hydrogen-bond acceptors (Lipinski definition) is 2. The van der Waals surface area contributed by atoms with Crippen LogP contribution in [-0.4, -0.2) is 11.1 Å². The van der Waals surface area contributed by atoms with Crippen LogP contribution in [0, 0.1) is 12.8 Å². The summed E-state index contributed by atoms with van der Waals surface area (Å²) in [4.78, 5) is 11.7. The number of aryl methyl sites for hydroxylation is 1. The smallest absolute Gasteiger partial charge is 0.336 e. The van der Waals surface area contributed by atoms with Crippen molar-refractivity contribution < 1.29 is 9.90 Å². The number of fused-ring (bicyclic) bond motifs is 3. The topological polar surface area (TPSA) is 49.3 Å². The molecule has 3 nitrogen and oxygen atoms in total. The first-order valence-electron chi connectivity index (χ1n) is 8.22. The molecule has 0 bridgehead atoms. The third kappa shape index (κ3) is 2.62. The van der Waals surface area contributed by atoms with E-state index in [2.05, 4.69) is 17.5 Å². The molecule has 1 aliphatic carbocycles. The SMILES string of the molecule is Cc1ccc(C(=O)O)c2c1NC(c1ccc(Cl)c(Cl)c1)C1CC=CC21. The Bertz CT molecular complexity index is 907. The van der Waals surface area contributed by atoms with Crippen LogP contribution < -0.4 is 5.32 Å². The average Bonchev–Trinajstić information content (AvgIpc) is 3.06. The molecular formula is C20H17Cl2NO2. The summed E-state index contributed by atoms with van der Waals surface area (Å²) in [5, 5.41) is 14.3. The van der Waals surface area contributed by atoms with Crippen molar-refractivity contribution in [1.29, 1.82) is 0 Å². The molecule has 0 saturated heterocycles. The molecule has 2 aromatic carbocycles. The summed E-state index contributed by atoms with van der Waals surface area (Å²) in [6.07, 6.45) is 5.18. The number of hydrogen-bond donors (Lipinski definition) is 2. The third-order valence-corrected chi connectivity index (χ3v) is 6.00. The Morgan fingerprint density at radius 3 is 2.72 bits per heavy atom. The summed E-state index contributed by atoms with van der Waals surface area (Å²) in [6, 6.07) is 9.33. The lowest BCUT2D eigenvalue weighted by atomic mass is 9.75. The van der Waals surface area contributed by atoms with Gasteiger partial charge < -0.3 is 10.4 Å². The summed E-state index contributed by atoms with van der Waals surface area (Å²) < 4.78 is 0. The molecule has 5 heteroatoms. The predicted octanol–water partition coefficient (Wildman–Crippen LogP) is 5.83. The summed E-state index contributed by atoms with van der Waals surface area (Å²) in [6.45, 7) is 2.00. The molecule has 0 fully saturated rings. The predicted molar refractivity (Wildman–Crippen MR) is 101 cm³/mol. The van der Waals surface area contributed by atoms with Gasteiger partial charge in [-0.15, -0.1) is 0 Å². The minimum Gasteiger partial charge on any atom is -0.478 e. The molecule has 0 amide bonds. The van der Waals surface area contributed by atoms with E-state index in [4.69, 9.17) is 23.2 Å². The molecule has 3 unspecified atom stereocenters. The number of anilines is 1. The fourth-order valence-electron chi connectivity index (χ4n) is 4.08. The Morgan fingerprint density at radius 2 is 2.00 bits per heavy atom. The highest BCUT2D eigenvalue weighted by molar-refractivity contribution is 6.42. The molecule has 2 aliphatic rings. The van der Waals surface area contributed by atoms with Crippen molar-refractivity contribution >= 4 is 34.9 Å². The second-order valence-electron chi connectivity index (χ2n) is 6.67. The number of carboxylic acid groups (broad SMARTS) is 1. The first-order chi connectivity index (χ1) is 12.0. The number of allylic oxidation sites excluding steroid dienone is 2. The molecule has 2 aromatic rings. The number of rotatable bonds is 2. The van der Waals surface area contributed by atoms with Crippen molar-refractivity contribution in [2.24, 2.45) is 5.92 Å². The molecule has 128 valence electrons. The largest absolute Gasteiger partial charge is 0.478 e. The van der Waals surface area contributed by atoms with Crippen molar-refractivity contribution in [1.82, 2.24) is 0 Å². The number of halogens is 2. The molecule has 3 atom stereocenters. The standard InChI is InChI=1S/C20H17Cl2NO2/c1-10-5-7-14(20(24)25)17-12-3-2-4-13(12)19(23-18(10)17)11-6-8-15(21)16(22)9-11/h2-3,5-9,12-13,19,23H,4H2,1H3,(H,24,25). The quantitative estimate of drug-likeness (QED) is 0.651. The number of carboxylic acids is 1. The second kappa shape index (κ2) is 6.08. The van der Waals surface area contributed by atoms with Gasteiger partial charge in [0.05, 0.1) is 21.7 Å². The molecular weight excluding hydrogens is 357 g/mol. The molecule has 0 spiro atoms. The summed E-state index contributed by atoms with van der Waals surface area (Å²) in [7, 11) is 0. The Labute approximate surface area is 156 Å². The monoisotopic (exact) mass is 373 g/mol. The molecule has 4 rings (SSSR count). The van der Waals surface area contributed by atoms with Crippen molar-refractivity contribution in [3.8, 4) is 0 Å². The number of aromatic carboxylic acids is 1. The van der Waals surface area contributed by atoms with Gasteiger partial charge in [0.15, 0.2) is 0 Å². The summed E-state index contributed by atoms with van der Waals surface area (Å²) >= 11 is 12.3. The number of benzene rings is 2. The van der Waals surface area contributed by atoms with Crippen LogP contribution in [0.15, 0.2) is 42.5 Å². The van der Waals surface area contributed by atoms with Crippen LogP contribution >= 0.6 is 23.2 Å². The minimum absolute atomic E-state index is 0.0602. The van der Waals surface area contributed by atoms with Gasteiger partial charge in [-0.3, -0.25) is 0 Å². The van der Waals surface area contributed by atoms with E-state index >= 15 is 0 Å². The zero-order chi connectivity index (χ0) is 17.7. The van der Waals surface area contributed by atoms with E-state index in [1.54, 1.807) is 6.07 Å². The van der Waals surface area contributed by atoms with Crippen LogP contribution in [0.2, 0.25) is 10.0 Å². The highest BCUT2D eigenvalue weighted by Crippen LogP contribution is 2.52. The van der Waals surface area contributed by atoms with Crippen molar-refractivity contribution in [3.05, 3.63) is 74.8 Å². The van der Waals surface area contributed by atoms with Crippen LogP contribution in [0.5, 0.6) is 0 Å². The lowest BCUT2D eigenvalue weighted by Crippen LogP contribution is -2.31.